The highest BCUT2D eigenvalue weighted by atomic mass is 16.1. The molecule has 2 aliphatic rings. The minimum atomic E-state index is 0.0123. The minimum absolute atomic E-state index is 0.0123. The summed E-state index contributed by atoms with van der Waals surface area (Å²) in [6, 6.07) is 10.5. The van der Waals surface area contributed by atoms with Crippen molar-refractivity contribution in [2.45, 2.75) is 70.3 Å². The van der Waals surface area contributed by atoms with Crippen molar-refractivity contribution in [3.8, 4) is 0 Å². The Kier molecular flexibility index (Phi) is 6.48. The number of carbonyl (C=O) groups excluding carboxylic acids is 1. The molecule has 1 saturated carbocycles. The molecule has 4 rings (SSSR count). The van der Waals surface area contributed by atoms with Crippen molar-refractivity contribution in [3.05, 3.63) is 47.5 Å². The molecule has 4 nitrogen and oxygen atoms in total. The number of fused-ring (bicyclic) bond motifs is 1. The van der Waals surface area contributed by atoms with Gasteiger partial charge in [0.1, 0.15) is 5.82 Å². The summed E-state index contributed by atoms with van der Waals surface area (Å²) in [7, 11) is 2.13. The summed E-state index contributed by atoms with van der Waals surface area (Å²) in [5.41, 5.74) is 3.13. The maximum Gasteiger partial charge on any atom is 0.252 e. The van der Waals surface area contributed by atoms with Crippen LogP contribution in [0.5, 0.6) is 0 Å². The number of hydrogen-bond acceptors (Lipinski definition) is 3. The zero-order valence-electron chi connectivity index (χ0n) is 17.6. The first-order valence-electron chi connectivity index (χ1n) is 11.3. The van der Waals surface area contributed by atoms with Crippen molar-refractivity contribution in [2.24, 2.45) is 0 Å². The van der Waals surface area contributed by atoms with E-state index < -0.39 is 0 Å². The lowest BCUT2D eigenvalue weighted by Gasteiger charge is -2.32. The number of nitrogens with zero attached hydrogens (tertiary/aromatic N) is 2. The second-order valence-electron chi connectivity index (χ2n) is 8.56. The van der Waals surface area contributed by atoms with E-state index in [4.69, 9.17) is 4.98 Å². The number of amides is 1. The van der Waals surface area contributed by atoms with Gasteiger partial charge in [-0.3, -0.25) is 4.79 Å². The quantitative estimate of drug-likeness (QED) is 0.650. The summed E-state index contributed by atoms with van der Waals surface area (Å²) in [5, 5.41) is 4.09. The lowest BCUT2D eigenvalue weighted by Crippen LogP contribution is -2.34. The van der Waals surface area contributed by atoms with Crippen LogP contribution in [0.3, 0.4) is 0 Å². The SMILES string of the molecule is CN(c1cc(C(=O)NCCC2=CCCCC2)c2ccccc2n1)C1CCCCC1. The number of carbonyl (C=O) groups is 1. The fraction of sp³-hybridized carbons (Fsp3) is 0.520. The molecule has 1 aromatic carbocycles. The Morgan fingerprint density at radius 2 is 1.97 bits per heavy atom. The zero-order chi connectivity index (χ0) is 20.1. The lowest BCUT2D eigenvalue weighted by molar-refractivity contribution is 0.0955. The van der Waals surface area contributed by atoms with E-state index in [1.54, 1.807) is 0 Å². The summed E-state index contributed by atoms with van der Waals surface area (Å²) >= 11 is 0. The maximum atomic E-state index is 13.1. The van der Waals surface area contributed by atoms with Gasteiger partial charge in [0.15, 0.2) is 0 Å². The molecule has 0 atom stereocenters. The molecule has 2 aliphatic carbocycles. The third kappa shape index (κ3) is 4.80. The third-order valence-electron chi connectivity index (χ3n) is 6.55. The van der Waals surface area contributed by atoms with E-state index in [9.17, 15) is 4.79 Å². The molecule has 0 radical (unpaired) electrons. The number of nitrogens with one attached hydrogen (secondary N) is 1. The molecule has 2 aromatic rings. The molecule has 4 heteroatoms. The van der Waals surface area contributed by atoms with Crippen molar-refractivity contribution >= 4 is 22.6 Å². The standard InChI is InChI=1S/C25H33N3O/c1-28(20-12-6-3-7-13-20)24-18-22(21-14-8-9-15-23(21)27-24)25(29)26-17-16-19-10-4-2-5-11-19/h8-10,14-15,18,20H,2-7,11-13,16-17H2,1H3,(H,26,29). The number of aromatic nitrogens is 1. The van der Waals surface area contributed by atoms with E-state index in [-0.39, 0.29) is 5.91 Å². The Hall–Kier alpha value is -2.36. The average molecular weight is 392 g/mol. The topological polar surface area (TPSA) is 45.2 Å². The molecule has 154 valence electrons. The average Bonchev–Trinajstić information content (AvgIpc) is 2.79. The summed E-state index contributed by atoms with van der Waals surface area (Å²) in [6.45, 7) is 0.703. The van der Waals surface area contributed by atoms with Gasteiger partial charge in [-0.2, -0.15) is 0 Å². The Bertz CT molecular complexity index is 883. The van der Waals surface area contributed by atoms with Gasteiger partial charge in [0.25, 0.3) is 5.91 Å². The Morgan fingerprint density at radius 3 is 2.76 bits per heavy atom. The van der Waals surface area contributed by atoms with Gasteiger partial charge >= 0.3 is 0 Å². The highest BCUT2D eigenvalue weighted by molar-refractivity contribution is 6.07. The number of hydrogen-bond donors (Lipinski definition) is 1. The number of benzene rings is 1. The van der Waals surface area contributed by atoms with Crippen molar-refractivity contribution in [2.75, 3.05) is 18.5 Å². The van der Waals surface area contributed by atoms with E-state index in [1.807, 2.05) is 30.3 Å². The predicted molar refractivity (Wildman–Crippen MR) is 121 cm³/mol. The van der Waals surface area contributed by atoms with Crippen LogP contribution >= 0.6 is 0 Å². The van der Waals surface area contributed by atoms with Crippen LogP contribution in [0, 0.1) is 0 Å². The second kappa shape index (κ2) is 9.43. The summed E-state index contributed by atoms with van der Waals surface area (Å²) < 4.78 is 0. The van der Waals surface area contributed by atoms with E-state index in [1.165, 1.54) is 63.4 Å². The minimum Gasteiger partial charge on any atom is -0.357 e. The number of pyridine rings is 1. The highest BCUT2D eigenvalue weighted by Gasteiger charge is 2.21. The van der Waals surface area contributed by atoms with Crippen LogP contribution in [0.4, 0.5) is 5.82 Å². The van der Waals surface area contributed by atoms with Gasteiger partial charge in [0, 0.05) is 25.0 Å². The van der Waals surface area contributed by atoms with Gasteiger partial charge in [-0.15, -0.1) is 0 Å². The first-order valence-corrected chi connectivity index (χ1v) is 11.3. The molecule has 1 aromatic heterocycles. The highest BCUT2D eigenvalue weighted by Crippen LogP contribution is 2.28. The van der Waals surface area contributed by atoms with Crippen molar-refractivity contribution in [1.82, 2.24) is 10.3 Å². The van der Waals surface area contributed by atoms with Gasteiger partial charge in [0.2, 0.25) is 0 Å². The summed E-state index contributed by atoms with van der Waals surface area (Å²) in [4.78, 5) is 20.2. The molecule has 1 heterocycles. The van der Waals surface area contributed by atoms with Crippen molar-refractivity contribution in [1.29, 1.82) is 0 Å². The monoisotopic (exact) mass is 391 g/mol. The molecular weight excluding hydrogens is 358 g/mol. The molecule has 0 bridgehead atoms. The summed E-state index contributed by atoms with van der Waals surface area (Å²) in [5.74, 6) is 0.925. The zero-order valence-corrected chi connectivity index (χ0v) is 17.6. The Balaban J connectivity index is 1.53. The normalized spacial score (nSPS) is 17.8. The van der Waals surface area contributed by atoms with E-state index >= 15 is 0 Å². The number of rotatable bonds is 6. The number of para-hydroxylation sites is 1. The van der Waals surface area contributed by atoms with Crippen LogP contribution in [0.2, 0.25) is 0 Å². The van der Waals surface area contributed by atoms with Crippen molar-refractivity contribution < 1.29 is 4.79 Å². The Labute approximate surface area is 174 Å². The van der Waals surface area contributed by atoms with Crippen LogP contribution in [0.25, 0.3) is 10.9 Å². The molecule has 1 fully saturated rings. The van der Waals surface area contributed by atoms with Crippen molar-refractivity contribution in [3.63, 3.8) is 0 Å². The van der Waals surface area contributed by atoms with Gasteiger partial charge in [0.05, 0.1) is 11.1 Å². The fourth-order valence-corrected chi connectivity index (χ4v) is 4.75. The number of anilines is 1. The molecule has 1 amide bonds. The van der Waals surface area contributed by atoms with Crippen LogP contribution in [-0.4, -0.2) is 30.5 Å². The maximum absolute atomic E-state index is 13.1. The first-order chi connectivity index (χ1) is 14.2. The van der Waals surface area contributed by atoms with E-state index in [0.29, 0.717) is 12.6 Å². The molecular formula is C25H33N3O. The third-order valence-corrected chi connectivity index (χ3v) is 6.55. The predicted octanol–water partition coefficient (Wildman–Crippen LogP) is 5.62. The second-order valence-corrected chi connectivity index (χ2v) is 8.56. The van der Waals surface area contributed by atoms with Crippen LogP contribution in [-0.2, 0) is 0 Å². The molecule has 0 aliphatic heterocycles. The van der Waals surface area contributed by atoms with Gasteiger partial charge < -0.3 is 10.2 Å². The molecule has 0 saturated heterocycles. The fourth-order valence-electron chi connectivity index (χ4n) is 4.75. The summed E-state index contributed by atoms with van der Waals surface area (Å²) in [6.07, 6.45) is 14.6. The van der Waals surface area contributed by atoms with Gasteiger partial charge in [-0.05, 0) is 57.1 Å². The van der Waals surface area contributed by atoms with Crippen LogP contribution < -0.4 is 10.2 Å². The van der Waals surface area contributed by atoms with Crippen LogP contribution in [0.15, 0.2) is 42.0 Å². The molecule has 0 spiro atoms. The molecule has 0 unspecified atom stereocenters. The van der Waals surface area contributed by atoms with E-state index in [0.717, 1.165) is 28.7 Å². The molecule has 1 N–H and O–H groups in total. The largest absolute Gasteiger partial charge is 0.357 e. The number of allylic oxidation sites excluding steroid dienone is 1. The van der Waals surface area contributed by atoms with E-state index in [2.05, 4.69) is 23.3 Å². The van der Waals surface area contributed by atoms with Gasteiger partial charge in [-0.1, -0.05) is 49.1 Å². The lowest BCUT2D eigenvalue weighted by atomic mass is 9.94. The molecule has 29 heavy (non-hydrogen) atoms. The van der Waals surface area contributed by atoms with Gasteiger partial charge in [-0.25, -0.2) is 4.98 Å². The Morgan fingerprint density at radius 1 is 1.14 bits per heavy atom. The first kappa shape index (κ1) is 19.9. The van der Waals surface area contributed by atoms with Crippen LogP contribution in [0.1, 0.15) is 74.6 Å². The smallest absolute Gasteiger partial charge is 0.252 e.